The molecule has 0 spiro atoms. The lowest BCUT2D eigenvalue weighted by Crippen LogP contribution is -2.19. The first kappa shape index (κ1) is 22.9. The van der Waals surface area contributed by atoms with Crippen LogP contribution in [0.2, 0.25) is 0 Å². The Labute approximate surface area is 191 Å². The summed E-state index contributed by atoms with van der Waals surface area (Å²) in [6, 6.07) is 13.9. The molecule has 0 amide bonds. The molecule has 0 N–H and O–H groups in total. The number of nitrogens with zero attached hydrogens (tertiary/aromatic N) is 1. The number of halogens is 3. The van der Waals surface area contributed by atoms with Crippen LogP contribution in [-0.4, -0.2) is 25.5 Å². The summed E-state index contributed by atoms with van der Waals surface area (Å²) in [5, 5.41) is 0.947. The summed E-state index contributed by atoms with van der Waals surface area (Å²) in [5.74, 6) is -0.829. The molecule has 10 heteroatoms. The molecule has 5 nitrogen and oxygen atoms in total. The summed E-state index contributed by atoms with van der Waals surface area (Å²) in [5.41, 5.74) is 0.727. The minimum Gasteiger partial charge on any atom is -0.404 e. The van der Waals surface area contributed by atoms with Gasteiger partial charge in [-0.3, -0.25) is 9.78 Å². The summed E-state index contributed by atoms with van der Waals surface area (Å²) >= 11 is 1.37. The van der Waals surface area contributed by atoms with E-state index in [9.17, 15) is 26.4 Å². The Morgan fingerprint density at radius 2 is 1.76 bits per heavy atom. The quantitative estimate of drug-likeness (QED) is 0.304. The average molecular weight is 492 g/mol. The van der Waals surface area contributed by atoms with Gasteiger partial charge >= 0.3 is 6.36 Å². The number of aromatic nitrogens is 1. The molecule has 170 valence electrons. The molecule has 0 saturated carbocycles. The first-order valence-electron chi connectivity index (χ1n) is 9.69. The van der Waals surface area contributed by atoms with Gasteiger partial charge in [-0.2, -0.15) is 0 Å². The highest BCUT2D eigenvalue weighted by atomic mass is 32.2. The summed E-state index contributed by atoms with van der Waals surface area (Å²) in [6.07, 6.45) is -1.04. The number of ketones is 1. The Hall–Kier alpha value is -3.24. The molecule has 0 atom stereocenters. The van der Waals surface area contributed by atoms with Crippen LogP contribution in [0.1, 0.15) is 21.7 Å². The smallest absolute Gasteiger partial charge is 0.404 e. The molecule has 0 bridgehead atoms. The minimum atomic E-state index is -5.02. The number of sulfone groups is 1. The van der Waals surface area contributed by atoms with E-state index < -0.39 is 26.8 Å². The number of alkyl halides is 3. The molecule has 0 aliphatic heterocycles. The number of Topliss-reactive ketones (excluding diaryl/α,β-unsaturated/α-hetero) is 1. The van der Waals surface area contributed by atoms with Crippen LogP contribution in [0, 0.1) is 0 Å². The Morgan fingerprint density at radius 1 is 1.03 bits per heavy atom. The second-order valence-electron chi connectivity index (χ2n) is 7.09. The fourth-order valence-electron chi connectivity index (χ4n) is 3.25. The largest absolute Gasteiger partial charge is 0.573 e. The molecule has 4 aromatic rings. The van der Waals surface area contributed by atoms with E-state index in [1.54, 1.807) is 24.5 Å². The predicted octanol–water partition coefficient (Wildman–Crippen LogP) is 5.84. The number of rotatable bonds is 7. The number of benzene rings is 2. The van der Waals surface area contributed by atoms with Gasteiger partial charge in [0.25, 0.3) is 0 Å². The standard InChI is InChI=1S/C23H16F3NO4S2/c24-23(25,26)31-19-3-1-2-4-22(19)33(29,30)17-8-5-15(6-9-17)7-10-18(28)20-13-16-11-12-27-14-21(16)32-20/h1-6,8-9,11-14H,7,10H2. The lowest BCUT2D eigenvalue weighted by atomic mass is 10.1. The van der Waals surface area contributed by atoms with Crippen molar-refractivity contribution in [1.82, 2.24) is 4.98 Å². The number of pyridine rings is 1. The second-order valence-corrected chi connectivity index (χ2v) is 10.1. The highest BCUT2D eigenvalue weighted by molar-refractivity contribution is 7.91. The zero-order valence-electron chi connectivity index (χ0n) is 16.9. The van der Waals surface area contributed by atoms with Crippen molar-refractivity contribution in [1.29, 1.82) is 0 Å². The van der Waals surface area contributed by atoms with Gasteiger partial charge in [0.05, 0.1) is 14.5 Å². The Morgan fingerprint density at radius 3 is 2.45 bits per heavy atom. The predicted molar refractivity (Wildman–Crippen MR) is 117 cm³/mol. The number of carbonyl (C=O) groups excluding carboxylic acids is 1. The Bertz CT molecular complexity index is 1380. The highest BCUT2D eigenvalue weighted by Gasteiger charge is 2.34. The van der Waals surface area contributed by atoms with Gasteiger partial charge in [-0.1, -0.05) is 24.3 Å². The molecule has 2 heterocycles. The van der Waals surface area contributed by atoms with E-state index >= 15 is 0 Å². The van der Waals surface area contributed by atoms with E-state index in [2.05, 4.69) is 9.72 Å². The third-order valence-corrected chi connectivity index (χ3v) is 7.77. The van der Waals surface area contributed by atoms with Gasteiger partial charge in [0.1, 0.15) is 10.6 Å². The lowest BCUT2D eigenvalue weighted by Gasteiger charge is -2.13. The first-order valence-corrected chi connectivity index (χ1v) is 12.0. The van der Waals surface area contributed by atoms with Crippen LogP contribution in [0.15, 0.2) is 82.8 Å². The van der Waals surface area contributed by atoms with Crippen LogP contribution in [-0.2, 0) is 16.3 Å². The van der Waals surface area contributed by atoms with Crippen LogP contribution >= 0.6 is 11.3 Å². The Balaban J connectivity index is 1.48. The van der Waals surface area contributed by atoms with Crippen molar-refractivity contribution in [2.45, 2.75) is 29.0 Å². The molecule has 0 saturated heterocycles. The number of hydrogen-bond donors (Lipinski definition) is 0. The van der Waals surface area contributed by atoms with Crippen LogP contribution in [0.4, 0.5) is 13.2 Å². The van der Waals surface area contributed by atoms with Gasteiger partial charge in [0.15, 0.2) is 5.78 Å². The molecular formula is C23H16F3NO4S2. The van der Waals surface area contributed by atoms with Gasteiger partial charge < -0.3 is 4.74 Å². The molecule has 0 aliphatic carbocycles. The maximum absolute atomic E-state index is 12.9. The Kier molecular flexibility index (Phi) is 6.22. The number of para-hydroxylation sites is 1. The van der Waals surface area contributed by atoms with Gasteiger partial charge in [-0.05, 0) is 53.8 Å². The van der Waals surface area contributed by atoms with Crippen molar-refractivity contribution < 1.29 is 31.1 Å². The van der Waals surface area contributed by atoms with Gasteiger partial charge in [-0.15, -0.1) is 24.5 Å². The van der Waals surface area contributed by atoms with E-state index in [4.69, 9.17) is 0 Å². The van der Waals surface area contributed by atoms with Crippen molar-refractivity contribution >= 4 is 37.0 Å². The molecule has 2 aromatic heterocycles. The van der Waals surface area contributed by atoms with Crippen LogP contribution in [0.3, 0.4) is 0 Å². The third kappa shape index (κ3) is 5.23. The molecular weight excluding hydrogens is 475 g/mol. The van der Waals surface area contributed by atoms with Crippen molar-refractivity contribution in [2.24, 2.45) is 0 Å². The van der Waals surface area contributed by atoms with E-state index in [0.29, 0.717) is 11.3 Å². The van der Waals surface area contributed by atoms with Crippen molar-refractivity contribution in [3.8, 4) is 5.75 Å². The number of ether oxygens (including phenoxy) is 1. The van der Waals surface area contributed by atoms with Crippen LogP contribution in [0.5, 0.6) is 5.75 Å². The summed E-state index contributed by atoms with van der Waals surface area (Å²) in [6.45, 7) is 0. The number of fused-ring (bicyclic) bond motifs is 1. The fourth-order valence-corrected chi connectivity index (χ4v) is 5.62. The van der Waals surface area contributed by atoms with Crippen LogP contribution in [0.25, 0.3) is 10.1 Å². The average Bonchev–Trinajstić information content (AvgIpc) is 3.21. The number of aryl methyl sites for hydroxylation is 1. The zero-order chi connectivity index (χ0) is 23.6. The van der Waals surface area contributed by atoms with Crippen molar-refractivity contribution in [3.63, 3.8) is 0 Å². The van der Waals surface area contributed by atoms with E-state index in [-0.39, 0.29) is 17.1 Å². The molecule has 0 fully saturated rings. The van der Waals surface area contributed by atoms with Crippen molar-refractivity contribution in [2.75, 3.05) is 0 Å². The number of thiophene rings is 1. The number of carbonyl (C=O) groups is 1. The third-order valence-electron chi connectivity index (χ3n) is 4.84. The first-order chi connectivity index (χ1) is 15.6. The van der Waals surface area contributed by atoms with Crippen molar-refractivity contribution in [3.05, 3.63) is 83.5 Å². The SMILES string of the molecule is O=C(CCc1ccc(S(=O)(=O)c2ccccc2OC(F)(F)F)cc1)c1cc2ccncc2s1. The van der Waals surface area contributed by atoms with Gasteiger partial charge in [0, 0.05) is 18.8 Å². The molecule has 0 radical (unpaired) electrons. The molecule has 0 aliphatic rings. The highest BCUT2D eigenvalue weighted by Crippen LogP contribution is 2.33. The molecule has 2 aromatic carbocycles. The van der Waals surface area contributed by atoms with E-state index in [1.165, 1.54) is 35.6 Å². The fraction of sp³-hybridized carbons (Fsp3) is 0.130. The maximum atomic E-state index is 12.9. The second kappa shape index (κ2) is 8.95. The van der Waals surface area contributed by atoms with E-state index in [0.717, 1.165) is 27.8 Å². The molecule has 0 unspecified atom stereocenters. The lowest BCUT2D eigenvalue weighted by molar-refractivity contribution is -0.275. The minimum absolute atomic E-state index is 0.0360. The van der Waals surface area contributed by atoms with E-state index in [1.807, 2.05) is 12.1 Å². The van der Waals surface area contributed by atoms with Gasteiger partial charge in [-0.25, -0.2) is 8.42 Å². The summed E-state index contributed by atoms with van der Waals surface area (Å²) in [7, 11) is -4.24. The normalized spacial score (nSPS) is 12.1. The van der Waals surface area contributed by atoms with Gasteiger partial charge in [0.2, 0.25) is 9.84 Å². The zero-order valence-corrected chi connectivity index (χ0v) is 18.5. The summed E-state index contributed by atoms with van der Waals surface area (Å²) in [4.78, 5) is 16.4. The summed E-state index contributed by atoms with van der Waals surface area (Å²) < 4.78 is 68.5. The topological polar surface area (TPSA) is 73.3 Å². The maximum Gasteiger partial charge on any atom is 0.573 e. The number of hydrogen-bond acceptors (Lipinski definition) is 6. The molecule has 4 rings (SSSR count). The molecule has 33 heavy (non-hydrogen) atoms. The van der Waals surface area contributed by atoms with Crippen LogP contribution < -0.4 is 4.74 Å². The monoisotopic (exact) mass is 491 g/mol.